The number of amides is 2. The lowest BCUT2D eigenvalue weighted by molar-refractivity contribution is -0.136. The third-order valence-electron chi connectivity index (χ3n) is 4.98. The summed E-state index contributed by atoms with van der Waals surface area (Å²) in [5.74, 6) is 1.34. The molecular weight excluding hydrogens is 338 g/mol. The summed E-state index contributed by atoms with van der Waals surface area (Å²) in [6.45, 7) is 7.58. The van der Waals surface area contributed by atoms with Gasteiger partial charge in [0.1, 0.15) is 6.04 Å². The average molecular weight is 366 g/mol. The molecule has 0 aromatic heterocycles. The first-order valence-corrected chi connectivity index (χ1v) is 8.88. The second-order valence-corrected chi connectivity index (χ2v) is 7.43. The zero-order chi connectivity index (χ0) is 17.1. The molecule has 2 amide bonds. The van der Waals surface area contributed by atoms with Crippen LogP contribution in [0.25, 0.3) is 0 Å². The van der Waals surface area contributed by atoms with Crippen molar-refractivity contribution in [2.45, 2.75) is 26.3 Å². The van der Waals surface area contributed by atoms with E-state index in [1.807, 2.05) is 49.1 Å². The molecule has 0 spiro atoms. The lowest BCUT2D eigenvalue weighted by Gasteiger charge is -2.25. The quantitative estimate of drug-likeness (QED) is 0.838. The molecule has 3 rings (SSSR count). The molecular formula is C19H28ClN3O2. The molecule has 0 saturated carbocycles. The van der Waals surface area contributed by atoms with Crippen LogP contribution in [-0.4, -0.2) is 42.9 Å². The Balaban J connectivity index is 0.00000225. The average Bonchev–Trinajstić information content (AvgIpc) is 3.13. The lowest BCUT2D eigenvalue weighted by atomic mass is 10.0. The first kappa shape index (κ1) is 19.7. The fraction of sp³-hybridized carbons (Fsp3) is 0.579. The van der Waals surface area contributed by atoms with E-state index < -0.39 is 6.04 Å². The number of carbonyl (C=O) groups is 2. The molecule has 5 nitrogen and oxygen atoms in total. The van der Waals surface area contributed by atoms with Crippen LogP contribution in [0.5, 0.6) is 0 Å². The third-order valence-corrected chi connectivity index (χ3v) is 4.98. The summed E-state index contributed by atoms with van der Waals surface area (Å²) in [4.78, 5) is 27.3. The van der Waals surface area contributed by atoms with E-state index >= 15 is 0 Å². The van der Waals surface area contributed by atoms with Gasteiger partial charge in [0.25, 0.3) is 0 Å². The number of likely N-dealkylation sites (tertiary alicyclic amines) is 1. The van der Waals surface area contributed by atoms with Gasteiger partial charge in [-0.15, -0.1) is 12.4 Å². The van der Waals surface area contributed by atoms with E-state index in [0.29, 0.717) is 18.3 Å². The Hall–Kier alpha value is -1.59. The molecule has 138 valence electrons. The molecule has 25 heavy (non-hydrogen) atoms. The molecule has 2 saturated heterocycles. The highest BCUT2D eigenvalue weighted by Crippen LogP contribution is 2.28. The molecule has 1 aromatic carbocycles. The molecule has 2 aliphatic rings. The van der Waals surface area contributed by atoms with Crippen LogP contribution in [0.4, 0.5) is 0 Å². The minimum atomic E-state index is -0.579. The highest BCUT2D eigenvalue weighted by atomic mass is 35.5. The van der Waals surface area contributed by atoms with Crippen LogP contribution in [-0.2, 0) is 9.59 Å². The second-order valence-electron chi connectivity index (χ2n) is 7.43. The molecule has 0 radical (unpaired) electrons. The molecule has 0 bridgehead atoms. The smallest absolute Gasteiger partial charge is 0.249 e. The molecule has 2 fully saturated rings. The highest BCUT2D eigenvalue weighted by Gasteiger charge is 2.40. The fourth-order valence-electron chi connectivity index (χ4n) is 3.74. The number of rotatable bonds is 5. The zero-order valence-electron chi connectivity index (χ0n) is 14.9. The maximum Gasteiger partial charge on any atom is 0.249 e. The van der Waals surface area contributed by atoms with Gasteiger partial charge in [0, 0.05) is 32.6 Å². The topological polar surface area (TPSA) is 61.4 Å². The van der Waals surface area contributed by atoms with E-state index in [1.165, 1.54) is 0 Å². The maximum absolute atomic E-state index is 13.1. The first-order chi connectivity index (χ1) is 11.5. The standard InChI is InChI=1S/C19H27N3O2.ClH/c1-13(2)8-17(23)21-18(14-6-4-3-5-7-14)19(24)22-11-15-9-20-10-16(15)12-22;/h3-7,13,15-16,18,20H,8-12H2,1-2H3,(H,21,23);1H/t15-,16+,18?;. The Kier molecular flexibility index (Phi) is 6.85. The molecule has 0 aliphatic carbocycles. The number of hydrogen-bond donors (Lipinski definition) is 2. The van der Waals surface area contributed by atoms with Gasteiger partial charge in [0.15, 0.2) is 0 Å². The number of carbonyl (C=O) groups excluding carboxylic acids is 2. The van der Waals surface area contributed by atoms with Crippen LogP contribution in [0.15, 0.2) is 30.3 Å². The first-order valence-electron chi connectivity index (χ1n) is 8.88. The van der Waals surface area contributed by atoms with E-state index in [9.17, 15) is 9.59 Å². The predicted octanol–water partition coefficient (Wildman–Crippen LogP) is 1.99. The Morgan fingerprint density at radius 2 is 1.76 bits per heavy atom. The van der Waals surface area contributed by atoms with Crippen molar-refractivity contribution in [2.24, 2.45) is 17.8 Å². The zero-order valence-corrected chi connectivity index (χ0v) is 15.7. The molecule has 2 heterocycles. The van der Waals surface area contributed by atoms with Crippen molar-refractivity contribution < 1.29 is 9.59 Å². The van der Waals surface area contributed by atoms with Gasteiger partial charge in [-0.25, -0.2) is 0 Å². The van der Waals surface area contributed by atoms with Crippen molar-refractivity contribution in [3.05, 3.63) is 35.9 Å². The van der Waals surface area contributed by atoms with Crippen LogP contribution < -0.4 is 10.6 Å². The normalized spacial score (nSPS) is 23.1. The van der Waals surface area contributed by atoms with Gasteiger partial charge in [0.05, 0.1) is 0 Å². The number of hydrogen-bond acceptors (Lipinski definition) is 3. The summed E-state index contributed by atoms with van der Waals surface area (Å²) < 4.78 is 0. The van der Waals surface area contributed by atoms with Crippen molar-refractivity contribution in [1.82, 2.24) is 15.5 Å². The van der Waals surface area contributed by atoms with Crippen molar-refractivity contribution in [3.8, 4) is 0 Å². The van der Waals surface area contributed by atoms with Crippen molar-refractivity contribution in [1.29, 1.82) is 0 Å². The summed E-state index contributed by atoms with van der Waals surface area (Å²) in [5, 5.41) is 6.35. The van der Waals surface area contributed by atoms with Crippen molar-refractivity contribution in [2.75, 3.05) is 26.2 Å². The fourth-order valence-corrected chi connectivity index (χ4v) is 3.74. The summed E-state index contributed by atoms with van der Waals surface area (Å²) in [7, 11) is 0. The molecule has 1 aromatic rings. The number of fused-ring (bicyclic) bond motifs is 1. The lowest BCUT2D eigenvalue weighted by Crippen LogP contribution is -2.43. The Bertz CT molecular complexity index is 582. The van der Waals surface area contributed by atoms with Gasteiger partial charge in [-0.2, -0.15) is 0 Å². The van der Waals surface area contributed by atoms with Gasteiger partial charge in [0.2, 0.25) is 11.8 Å². The number of halogens is 1. The Labute approximate surface area is 155 Å². The minimum Gasteiger partial charge on any atom is -0.341 e. The van der Waals surface area contributed by atoms with Crippen LogP contribution in [0.2, 0.25) is 0 Å². The van der Waals surface area contributed by atoms with Crippen molar-refractivity contribution >= 4 is 24.2 Å². The molecule has 2 aliphatic heterocycles. The largest absolute Gasteiger partial charge is 0.341 e. The van der Waals surface area contributed by atoms with Crippen molar-refractivity contribution in [3.63, 3.8) is 0 Å². The third kappa shape index (κ3) is 4.73. The summed E-state index contributed by atoms with van der Waals surface area (Å²) >= 11 is 0. The van der Waals surface area contributed by atoms with Gasteiger partial charge in [-0.3, -0.25) is 9.59 Å². The number of benzene rings is 1. The van der Waals surface area contributed by atoms with E-state index in [4.69, 9.17) is 0 Å². The highest BCUT2D eigenvalue weighted by molar-refractivity contribution is 5.89. The monoisotopic (exact) mass is 365 g/mol. The molecule has 2 N–H and O–H groups in total. The SMILES string of the molecule is CC(C)CC(=O)NC(C(=O)N1C[C@H]2CNC[C@H]2C1)c1ccccc1.Cl. The minimum absolute atomic E-state index is 0. The maximum atomic E-state index is 13.1. The molecule has 1 unspecified atom stereocenters. The van der Waals surface area contributed by atoms with E-state index in [-0.39, 0.29) is 30.1 Å². The van der Waals surface area contributed by atoms with Gasteiger partial charge in [-0.05, 0) is 23.3 Å². The predicted molar refractivity (Wildman–Crippen MR) is 100 cm³/mol. The number of nitrogens with zero attached hydrogens (tertiary/aromatic N) is 1. The van der Waals surface area contributed by atoms with Crippen LogP contribution in [0, 0.1) is 17.8 Å². The summed E-state index contributed by atoms with van der Waals surface area (Å²) in [6, 6.07) is 8.99. The Morgan fingerprint density at radius 3 is 2.32 bits per heavy atom. The van der Waals surface area contributed by atoms with Gasteiger partial charge in [-0.1, -0.05) is 44.2 Å². The van der Waals surface area contributed by atoms with Gasteiger partial charge < -0.3 is 15.5 Å². The Morgan fingerprint density at radius 1 is 1.16 bits per heavy atom. The number of nitrogens with one attached hydrogen (secondary N) is 2. The molecule has 6 heteroatoms. The van der Waals surface area contributed by atoms with E-state index in [2.05, 4.69) is 10.6 Å². The van der Waals surface area contributed by atoms with Gasteiger partial charge >= 0.3 is 0 Å². The van der Waals surface area contributed by atoms with Crippen LogP contribution in [0.3, 0.4) is 0 Å². The van der Waals surface area contributed by atoms with Crippen LogP contribution >= 0.6 is 12.4 Å². The summed E-state index contributed by atoms with van der Waals surface area (Å²) in [5.41, 5.74) is 0.856. The van der Waals surface area contributed by atoms with Crippen LogP contribution in [0.1, 0.15) is 31.9 Å². The second kappa shape index (κ2) is 8.68. The molecule has 3 atom stereocenters. The van der Waals surface area contributed by atoms with E-state index in [0.717, 1.165) is 31.7 Å². The van der Waals surface area contributed by atoms with E-state index in [1.54, 1.807) is 0 Å². The summed E-state index contributed by atoms with van der Waals surface area (Å²) in [6.07, 6.45) is 0.436.